The molecule has 0 bridgehead atoms. The lowest BCUT2D eigenvalue weighted by atomic mass is 10.0. The Kier molecular flexibility index (Phi) is 4.69. The summed E-state index contributed by atoms with van der Waals surface area (Å²) >= 11 is 0. The maximum atomic E-state index is 12.7. The number of nitrogen functional groups attached to an aromatic ring is 1. The molecule has 0 atom stereocenters. The number of hydrogen-bond donors (Lipinski definition) is 1. The Bertz CT molecular complexity index is 752. The van der Waals surface area contributed by atoms with E-state index in [2.05, 4.69) is 4.98 Å². The average molecular weight is 325 g/mol. The standard InChI is InChI=1S/C19H23N3O2/c1-13-17(24-2)12-16(18(20)21-13)14-7-6-8-15(11-14)19(23)22-9-4-3-5-10-22/h6-8,11-12H,3-5,9-10H2,1-2H3,(H2,20,21). The molecule has 2 aromatic rings. The van der Waals surface area contributed by atoms with Crippen LogP contribution in [0.4, 0.5) is 5.82 Å². The van der Waals surface area contributed by atoms with Crippen LogP contribution in [-0.4, -0.2) is 36.0 Å². The summed E-state index contributed by atoms with van der Waals surface area (Å²) in [6.07, 6.45) is 3.37. The zero-order chi connectivity index (χ0) is 17.1. The SMILES string of the molecule is COc1cc(-c2cccc(C(=O)N3CCCCC3)c2)c(N)nc1C. The first-order valence-electron chi connectivity index (χ1n) is 8.31. The predicted molar refractivity (Wildman–Crippen MR) is 95.1 cm³/mol. The maximum Gasteiger partial charge on any atom is 0.253 e. The molecular formula is C19H23N3O2. The maximum absolute atomic E-state index is 12.7. The first-order chi connectivity index (χ1) is 11.6. The number of pyridine rings is 1. The molecule has 2 N–H and O–H groups in total. The van der Waals surface area contributed by atoms with E-state index in [4.69, 9.17) is 10.5 Å². The molecule has 0 radical (unpaired) electrons. The number of likely N-dealkylation sites (tertiary alicyclic amines) is 1. The van der Waals surface area contributed by atoms with Gasteiger partial charge in [-0.3, -0.25) is 4.79 Å². The third-order valence-electron chi connectivity index (χ3n) is 4.48. The minimum Gasteiger partial charge on any atom is -0.495 e. The number of nitrogens with two attached hydrogens (primary N) is 1. The van der Waals surface area contributed by atoms with Gasteiger partial charge in [-0.05, 0) is 49.9 Å². The molecule has 5 nitrogen and oxygen atoms in total. The number of hydrogen-bond acceptors (Lipinski definition) is 4. The highest BCUT2D eigenvalue weighted by molar-refractivity contribution is 5.96. The van der Waals surface area contributed by atoms with Gasteiger partial charge in [0.05, 0.1) is 12.8 Å². The molecule has 3 rings (SSSR count). The van der Waals surface area contributed by atoms with Crippen molar-refractivity contribution in [1.29, 1.82) is 0 Å². The number of rotatable bonds is 3. The molecule has 0 saturated carbocycles. The van der Waals surface area contributed by atoms with E-state index in [9.17, 15) is 4.79 Å². The quantitative estimate of drug-likeness (QED) is 0.940. The highest BCUT2D eigenvalue weighted by atomic mass is 16.5. The summed E-state index contributed by atoms with van der Waals surface area (Å²) in [6.45, 7) is 3.53. The predicted octanol–water partition coefficient (Wildman–Crippen LogP) is 3.27. The fourth-order valence-corrected chi connectivity index (χ4v) is 3.14. The molecule has 0 spiro atoms. The van der Waals surface area contributed by atoms with Gasteiger partial charge in [0.2, 0.25) is 0 Å². The summed E-state index contributed by atoms with van der Waals surface area (Å²) in [6, 6.07) is 9.45. The number of anilines is 1. The number of carbonyl (C=O) groups excluding carboxylic acids is 1. The molecule has 1 saturated heterocycles. The zero-order valence-corrected chi connectivity index (χ0v) is 14.2. The Morgan fingerprint density at radius 2 is 1.96 bits per heavy atom. The average Bonchev–Trinajstić information content (AvgIpc) is 2.62. The molecule has 0 unspecified atom stereocenters. The van der Waals surface area contributed by atoms with E-state index in [-0.39, 0.29) is 5.91 Å². The van der Waals surface area contributed by atoms with Gasteiger partial charge in [0, 0.05) is 24.2 Å². The molecule has 24 heavy (non-hydrogen) atoms. The normalized spacial score (nSPS) is 14.5. The summed E-state index contributed by atoms with van der Waals surface area (Å²) in [5.41, 5.74) is 9.18. The number of amides is 1. The smallest absolute Gasteiger partial charge is 0.253 e. The van der Waals surface area contributed by atoms with Crippen molar-refractivity contribution in [2.75, 3.05) is 25.9 Å². The van der Waals surface area contributed by atoms with Gasteiger partial charge in [0.15, 0.2) is 0 Å². The van der Waals surface area contributed by atoms with Crippen molar-refractivity contribution >= 4 is 11.7 Å². The summed E-state index contributed by atoms with van der Waals surface area (Å²) in [4.78, 5) is 19.0. The van der Waals surface area contributed by atoms with Gasteiger partial charge in [0.1, 0.15) is 11.6 Å². The van der Waals surface area contributed by atoms with Crippen molar-refractivity contribution in [3.63, 3.8) is 0 Å². The highest BCUT2D eigenvalue weighted by Gasteiger charge is 2.19. The van der Waals surface area contributed by atoms with E-state index in [1.165, 1.54) is 6.42 Å². The van der Waals surface area contributed by atoms with Crippen LogP contribution in [0, 0.1) is 6.92 Å². The van der Waals surface area contributed by atoms with E-state index in [0.717, 1.165) is 42.8 Å². The Labute approximate surface area is 142 Å². The lowest BCUT2D eigenvalue weighted by Gasteiger charge is -2.26. The van der Waals surface area contributed by atoms with E-state index in [0.29, 0.717) is 17.1 Å². The number of nitrogens with zero attached hydrogens (tertiary/aromatic N) is 2. The van der Waals surface area contributed by atoms with E-state index in [1.807, 2.05) is 42.2 Å². The van der Waals surface area contributed by atoms with Crippen molar-refractivity contribution in [2.24, 2.45) is 0 Å². The van der Waals surface area contributed by atoms with Crippen molar-refractivity contribution in [3.05, 3.63) is 41.6 Å². The van der Waals surface area contributed by atoms with Crippen LogP contribution in [0.3, 0.4) is 0 Å². The number of aryl methyl sites for hydroxylation is 1. The second-order valence-electron chi connectivity index (χ2n) is 6.14. The van der Waals surface area contributed by atoms with Crippen molar-refractivity contribution in [3.8, 4) is 16.9 Å². The monoisotopic (exact) mass is 325 g/mol. The molecule has 2 heterocycles. The molecule has 0 aliphatic carbocycles. The molecule has 1 aliphatic rings. The zero-order valence-electron chi connectivity index (χ0n) is 14.2. The van der Waals surface area contributed by atoms with Crippen molar-refractivity contribution in [1.82, 2.24) is 9.88 Å². The van der Waals surface area contributed by atoms with Crippen molar-refractivity contribution in [2.45, 2.75) is 26.2 Å². The van der Waals surface area contributed by atoms with E-state index >= 15 is 0 Å². The molecule has 1 fully saturated rings. The molecule has 1 aromatic carbocycles. The minimum atomic E-state index is 0.0853. The number of benzene rings is 1. The van der Waals surface area contributed by atoms with Gasteiger partial charge in [-0.15, -0.1) is 0 Å². The summed E-state index contributed by atoms with van der Waals surface area (Å²) < 4.78 is 5.34. The molecule has 5 heteroatoms. The van der Waals surface area contributed by atoms with Gasteiger partial charge < -0.3 is 15.4 Å². The number of carbonyl (C=O) groups is 1. The van der Waals surface area contributed by atoms with Crippen LogP contribution < -0.4 is 10.5 Å². The second-order valence-corrected chi connectivity index (χ2v) is 6.14. The van der Waals surface area contributed by atoms with Crippen LogP contribution in [0.25, 0.3) is 11.1 Å². The Morgan fingerprint density at radius 3 is 2.67 bits per heavy atom. The van der Waals surface area contributed by atoms with Gasteiger partial charge in [-0.1, -0.05) is 12.1 Å². The van der Waals surface area contributed by atoms with Gasteiger partial charge >= 0.3 is 0 Å². The minimum absolute atomic E-state index is 0.0853. The Hall–Kier alpha value is -2.56. The lowest BCUT2D eigenvalue weighted by Crippen LogP contribution is -2.35. The molecular weight excluding hydrogens is 302 g/mol. The van der Waals surface area contributed by atoms with Crippen LogP contribution in [0.15, 0.2) is 30.3 Å². The Morgan fingerprint density at radius 1 is 1.21 bits per heavy atom. The molecule has 1 aliphatic heterocycles. The fraction of sp³-hybridized carbons (Fsp3) is 0.368. The first-order valence-corrected chi connectivity index (χ1v) is 8.31. The summed E-state index contributed by atoms with van der Waals surface area (Å²) in [5, 5.41) is 0. The number of piperidine rings is 1. The van der Waals surface area contributed by atoms with Gasteiger partial charge in [0.25, 0.3) is 5.91 Å². The van der Waals surface area contributed by atoms with Crippen LogP contribution in [0.2, 0.25) is 0 Å². The first kappa shape index (κ1) is 16.3. The molecule has 1 aromatic heterocycles. The third-order valence-corrected chi connectivity index (χ3v) is 4.48. The third kappa shape index (κ3) is 3.20. The van der Waals surface area contributed by atoms with Crippen molar-refractivity contribution < 1.29 is 9.53 Å². The van der Waals surface area contributed by atoms with Crippen LogP contribution in [0.5, 0.6) is 5.75 Å². The number of methoxy groups -OCH3 is 1. The van der Waals surface area contributed by atoms with Gasteiger partial charge in [-0.2, -0.15) is 0 Å². The largest absolute Gasteiger partial charge is 0.495 e. The molecule has 1 amide bonds. The lowest BCUT2D eigenvalue weighted by molar-refractivity contribution is 0.0724. The van der Waals surface area contributed by atoms with Crippen LogP contribution in [-0.2, 0) is 0 Å². The van der Waals surface area contributed by atoms with E-state index in [1.54, 1.807) is 7.11 Å². The topological polar surface area (TPSA) is 68.5 Å². The summed E-state index contributed by atoms with van der Waals surface area (Å²) in [5.74, 6) is 1.21. The highest BCUT2D eigenvalue weighted by Crippen LogP contribution is 2.31. The van der Waals surface area contributed by atoms with Crippen LogP contribution in [0.1, 0.15) is 35.3 Å². The van der Waals surface area contributed by atoms with E-state index < -0.39 is 0 Å². The Balaban J connectivity index is 1.94. The van der Waals surface area contributed by atoms with Gasteiger partial charge in [-0.25, -0.2) is 4.98 Å². The number of aromatic nitrogens is 1. The fourth-order valence-electron chi connectivity index (χ4n) is 3.14. The van der Waals surface area contributed by atoms with Crippen LogP contribution >= 0.6 is 0 Å². The summed E-state index contributed by atoms with van der Waals surface area (Å²) in [7, 11) is 1.61. The number of ether oxygens (including phenoxy) is 1. The second kappa shape index (κ2) is 6.91. The molecule has 126 valence electrons.